The van der Waals surface area contributed by atoms with Crippen molar-refractivity contribution in [2.75, 3.05) is 6.54 Å². The fourth-order valence-electron chi connectivity index (χ4n) is 9.98. The number of nitrogens with zero attached hydrogens (tertiary/aromatic N) is 1. The lowest BCUT2D eigenvalue weighted by Gasteiger charge is -2.59. The maximum Gasteiger partial charge on any atom is 0.302 e. The summed E-state index contributed by atoms with van der Waals surface area (Å²) in [6.07, 6.45) is 17.5. The summed E-state index contributed by atoms with van der Waals surface area (Å²) in [5.41, 5.74) is 2.53. The number of carbonyl (C=O) groups excluding carboxylic acids is 1. The molecule has 0 aromatic carbocycles. The third-order valence-electron chi connectivity index (χ3n) is 11.1. The molecule has 0 unspecified atom stereocenters. The Morgan fingerprint density at radius 3 is 2.80 bits per heavy atom. The number of hydrogen-bond acceptors (Lipinski definition) is 3. The van der Waals surface area contributed by atoms with Crippen LogP contribution in [0, 0.1) is 34.5 Å². The van der Waals surface area contributed by atoms with Crippen molar-refractivity contribution in [3.05, 3.63) is 11.6 Å². The van der Waals surface area contributed by atoms with Crippen molar-refractivity contribution < 1.29 is 9.53 Å². The Kier molecular flexibility index (Phi) is 4.52. The molecule has 0 spiro atoms. The van der Waals surface area contributed by atoms with E-state index in [9.17, 15) is 4.79 Å². The number of allylic oxidation sites excluding steroid dienone is 1. The van der Waals surface area contributed by atoms with Gasteiger partial charge in [0.25, 0.3) is 0 Å². The average molecular weight is 412 g/mol. The fraction of sp³-hybridized carbons (Fsp3) is 0.889. The van der Waals surface area contributed by atoms with Gasteiger partial charge in [-0.2, -0.15) is 0 Å². The van der Waals surface area contributed by atoms with Crippen LogP contribution in [0.25, 0.3) is 0 Å². The Hall–Kier alpha value is -0.830. The summed E-state index contributed by atoms with van der Waals surface area (Å²) in [5.74, 6) is 3.52. The molecule has 0 aromatic heterocycles. The summed E-state index contributed by atoms with van der Waals surface area (Å²) in [5, 5.41) is 0. The van der Waals surface area contributed by atoms with Gasteiger partial charge in [0.2, 0.25) is 0 Å². The third kappa shape index (κ3) is 2.69. The lowest BCUT2D eigenvalue weighted by molar-refractivity contribution is -0.148. The van der Waals surface area contributed by atoms with Crippen LogP contribution in [0.3, 0.4) is 0 Å². The van der Waals surface area contributed by atoms with Gasteiger partial charge in [0, 0.05) is 25.4 Å². The summed E-state index contributed by atoms with van der Waals surface area (Å²) < 4.78 is 5.62. The second-order valence-electron chi connectivity index (χ2n) is 12.3. The molecule has 2 heterocycles. The van der Waals surface area contributed by atoms with Crippen LogP contribution in [0.15, 0.2) is 11.6 Å². The minimum Gasteiger partial charge on any atom is -0.462 e. The van der Waals surface area contributed by atoms with Gasteiger partial charge in [0.1, 0.15) is 6.10 Å². The minimum absolute atomic E-state index is 0.111. The third-order valence-corrected chi connectivity index (χ3v) is 11.1. The van der Waals surface area contributed by atoms with Crippen molar-refractivity contribution >= 4 is 5.97 Å². The van der Waals surface area contributed by atoms with Crippen molar-refractivity contribution in [3.8, 4) is 0 Å². The Morgan fingerprint density at radius 1 is 1.10 bits per heavy atom. The van der Waals surface area contributed by atoms with Gasteiger partial charge >= 0.3 is 5.97 Å². The molecule has 3 saturated carbocycles. The van der Waals surface area contributed by atoms with Gasteiger partial charge in [-0.3, -0.25) is 9.69 Å². The first-order valence-electron chi connectivity index (χ1n) is 13.0. The molecule has 0 bridgehead atoms. The van der Waals surface area contributed by atoms with Crippen LogP contribution in [0.2, 0.25) is 0 Å². The van der Waals surface area contributed by atoms with Crippen molar-refractivity contribution in [2.45, 2.75) is 110 Å². The monoisotopic (exact) mass is 411 g/mol. The molecule has 9 atom stereocenters. The molecule has 0 amide bonds. The summed E-state index contributed by atoms with van der Waals surface area (Å²) >= 11 is 0. The molecule has 166 valence electrons. The fourth-order valence-corrected chi connectivity index (χ4v) is 9.98. The molecular formula is C27H41NO2. The van der Waals surface area contributed by atoms with E-state index in [0.29, 0.717) is 10.8 Å². The Morgan fingerprint density at radius 2 is 1.97 bits per heavy atom. The number of hydrogen-bond donors (Lipinski definition) is 0. The topological polar surface area (TPSA) is 29.5 Å². The molecule has 0 N–H and O–H groups in total. The molecular weight excluding hydrogens is 370 g/mol. The van der Waals surface area contributed by atoms with E-state index in [1.165, 1.54) is 64.3 Å². The molecule has 3 heteroatoms. The van der Waals surface area contributed by atoms with Crippen LogP contribution >= 0.6 is 0 Å². The molecule has 2 aliphatic heterocycles. The molecule has 30 heavy (non-hydrogen) atoms. The summed E-state index contributed by atoms with van der Waals surface area (Å²) in [7, 11) is 0. The summed E-state index contributed by atoms with van der Waals surface area (Å²) in [4.78, 5) is 14.5. The first-order chi connectivity index (χ1) is 14.4. The first kappa shape index (κ1) is 19.8. The van der Waals surface area contributed by atoms with Crippen molar-refractivity contribution in [1.29, 1.82) is 0 Å². The van der Waals surface area contributed by atoms with E-state index < -0.39 is 0 Å². The average Bonchev–Trinajstić information content (AvgIpc) is 3.22. The van der Waals surface area contributed by atoms with Crippen LogP contribution in [-0.4, -0.2) is 35.6 Å². The van der Waals surface area contributed by atoms with Gasteiger partial charge in [-0.25, -0.2) is 0 Å². The largest absolute Gasteiger partial charge is 0.462 e. The van der Waals surface area contributed by atoms with Crippen LogP contribution in [0.5, 0.6) is 0 Å². The normalized spacial score (nSPS) is 52.4. The van der Waals surface area contributed by atoms with E-state index in [1.54, 1.807) is 12.5 Å². The van der Waals surface area contributed by atoms with Gasteiger partial charge in [0.05, 0.1) is 0 Å². The predicted molar refractivity (Wildman–Crippen MR) is 119 cm³/mol. The van der Waals surface area contributed by atoms with Crippen LogP contribution < -0.4 is 0 Å². The van der Waals surface area contributed by atoms with Crippen molar-refractivity contribution in [3.63, 3.8) is 0 Å². The second kappa shape index (κ2) is 6.83. The van der Waals surface area contributed by atoms with E-state index >= 15 is 0 Å². The number of carbonyl (C=O) groups is 1. The molecule has 4 aliphatic carbocycles. The highest BCUT2D eigenvalue weighted by atomic mass is 16.5. The van der Waals surface area contributed by atoms with E-state index in [2.05, 4.69) is 24.8 Å². The van der Waals surface area contributed by atoms with Gasteiger partial charge in [-0.1, -0.05) is 31.9 Å². The maximum absolute atomic E-state index is 11.5. The molecule has 2 saturated heterocycles. The van der Waals surface area contributed by atoms with E-state index in [0.717, 1.165) is 48.6 Å². The number of esters is 1. The van der Waals surface area contributed by atoms with E-state index in [-0.39, 0.29) is 12.1 Å². The van der Waals surface area contributed by atoms with Gasteiger partial charge in [0.15, 0.2) is 0 Å². The van der Waals surface area contributed by atoms with E-state index in [4.69, 9.17) is 4.74 Å². The smallest absolute Gasteiger partial charge is 0.302 e. The van der Waals surface area contributed by atoms with Crippen LogP contribution in [0.1, 0.15) is 91.4 Å². The Balaban J connectivity index is 1.26. The molecule has 6 rings (SSSR count). The molecule has 6 aliphatic rings. The first-order valence-corrected chi connectivity index (χ1v) is 13.0. The number of ether oxygens (including phenoxy) is 1. The van der Waals surface area contributed by atoms with Gasteiger partial charge < -0.3 is 4.74 Å². The lowest BCUT2D eigenvalue weighted by atomic mass is 9.47. The second-order valence-corrected chi connectivity index (χ2v) is 12.3. The van der Waals surface area contributed by atoms with Crippen molar-refractivity contribution in [1.82, 2.24) is 4.90 Å². The van der Waals surface area contributed by atoms with Crippen molar-refractivity contribution in [2.24, 2.45) is 34.5 Å². The van der Waals surface area contributed by atoms with Gasteiger partial charge in [-0.15, -0.1) is 0 Å². The summed E-state index contributed by atoms with van der Waals surface area (Å²) in [6, 6.07) is 1.79. The predicted octanol–water partition coefficient (Wildman–Crippen LogP) is 5.73. The standard InChI is InChI=1S/C27H41NO2/c1-17(29)30-21-9-11-26(2)19(16-21)7-8-22-23(26)10-12-27(3)24(22)15-18-14-20-6-4-5-13-28(20)25(18)27/h7,18,20-25H,4-6,8-16H2,1-3H3/t18-,20-,21-,22+,23-,24-,25-,26-,27-/m0/s1. The van der Waals surface area contributed by atoms with Gasteiger partial charge in [-0.05, 0) is 98.8 Å². The zero-order chi connectivity index (χ0) is 20.7. The highest BCUT2D eigenvalue weighted by molar-refractivity contribution is 5.66. The zero-order valence-electron chi connectivity index (χ0n) is 19.4. The maximum atomic E-state index is 11.5. The highest BCUT2D eigenvalue weighted by Crippen LogP contribution is 2.68. The molecule has 0 aromatic rings. The van der Waals surface area contributed by atoms with Crippen LogP contribution in [-0.2, 0) is 9.53 Å². The SMILES string of the molecule is CC(=O)O[C@H]1CC[C@@]2(C)C(=CC[C@H]3[C@@H]4C[C@@H]5C[C@@H]6CCCCN6[C@@H]5[C@@]4(C)CC[C@@H]32)C1. The number of piperidine rings is 1. The molecule has 5 fully saturated rings. The van der Waals surface area contributed by atoms with Crippen LogP contribution in [0.4, 0.5) is 0 Å². The quantitative estimate of drug-likeness (QED) is 0.407. The zero-order valence-corrected chi connectivity index (χ0v) is 19.4. The summed E-state index contributed by atoms with van der Waals surface area (Å²) in [6.45, 7) is 8.21. The molecule has 3 nitrogen and oxygen atoms in total. The number of fused-ring (bicyclic) bond motifs is 9. The molecule has 0 radical (unpaired) electrons. The number of rotatable bonds is 1. The Bertz CT molecular complexity index is 760. The highest BCUT2D eigenvalue weighted by Gasteiger charge is 2.64. The Labute approximate surface area is 183 Å². The van der Waals surface area contributed by atoms with E-state index in [1.807, 2.05) is 0 Å². The minimum atomic E-state index is -0.111. The lowest BCUT2D eigenvalue weighted by Crippen LogP contribution is -2.55.